The maximum Gasteiger partial charge on any atom is 0.125 e. The molecule has 0 aliphatic heterocycles. The van der Waals surface area contributed by atoms with Crippen molar-refractivity contribution in [3.8, 4) is 11.5 Å². The average molecular weight is 276 g/mol. The van der Waals surface area contributed by atoms with Crippen molar-refractivity contribution in [1.82, 2.24) is 0 Å². The van der Waals surface area contributed by atoms with Crippen LogP contribution in [0, 0.1) is 5.82 Å². The molecule has 3 nitrogen and oxygen atoms in total. The van der Waals surface area contributed by atoms with E-state index in [9.17, 15) is 9.50 Å². The summed E-state index contributed by atoms with van der Waals surface area (Å²) in [6.45, 7) is 1.86. The molecule has 0 unspecified atom stereocenters. The predicted octanol–water partition coefficient (Wildman–Crippen LogP) is 3.47. The molecule has 2 aromatic rings. The van der Waals surface area contributed by atoms with Crippen molar-refractivity contribution in [3.05, 3.63) is 59.4 Å². The zero-order valence-electron chi connectivity index (χ0n) is 11.5. The van der Waals surface area contributed by atoms with Crippen LogP contribution in [-0.2, 0) is 6.61 Å². The Balaban J connectivity index is 2.19. The Morgan fingerprint density at radius 3 is 2.60 bits per heavy atom. The predicted molar refractivity (Wildman–Crippen MR) is 74.4 cm³/mol. The van der Waals surface area contributed by atoms with Gasteiger partial charge in [-0.2, -0.15) is 0 Å². The van der Waals surface area contributed by atoms with Crippen molar-refractivity contribution in [2.75, 3.05) is 7.11 Å². The highest BCUT2D eigenvalue weighted by Gasteiger charge is 2.11. The minimum Gasteiger partial charge on any atom is -0.496 e. The Morgan fingerprint density at radius 1 is 1.15 bits per heavy atom. The maximum absolute atomic E-state index is 13.2. The number of benzene rings is 2. The van der Waals surface area contributed by atoms with E-state index < -0.39 is 11.9 Å². The van der Waals surface area contributed by atoms with Gasteiger partial charge >= 0.3 is 0 Å². The number of rotatable bonds is 5. The third kappa shape index (κ3) is 3.27. The Labute approximate surface area is 117 Å². The lowest BCUT2D eigenvalue weighted by atomic mass is 10.1. The number of aliphatic hydroxyl groups is 1. The highest BCUT2D eigenvalue weighted by atomic mass is 19.1. The van der Waals surface area contributed by atoms with Crippen LogP contribution in [0.15, 0.2) is 42.5 Å². The maximum atomic E-state index is 13.2. The second-order valence-corrected chi connectivity index (χ2v) is 4.46. The normalized spacial score (nSPS) is 12.0. The van der Waals surface area contributed by atoms with Gasteiger partial charge in [0.1, 0.15) is 23.9 Å². The fourth-order valence-corrected chi connectivity index (χ4v) is 1.95. The molecule has 0 saturated heterocycles. The molecule has 0 spiro atoms. The fourth-order valence-electron chi connectivity index (χ4n) is 1.95. The van der Waals surface area contributed by atoms with Crippen molar-refractivity contribution in [3.63, 3.8) is 0 Å². The van der Waals surface area contributed by atoms with E-state index in [-0.39, 0.29) is 6.61 Å². The minimum absolute atomic E-state index is 0.287. The molecule has 0 bridgehead atoms. The monoisotopic (exact) mass is 276 g/mol. The Bertz CT molecular complexity index is 582. The summed E-state index contributed by atoms with van der Waals surface area (Å²) < 4.78 is 24.1. The first kappa shape index (κ1) is 14.3. The van der Waals surface area contributed by atoms with Crippen LogP contribution in [0.2, 0.25) is 0 Å². The van der Waals surface area contributed by atoms with Crippen molar-refractivity contribution in [1.29, 1.82) is 0 Å². The standard InChI is InChI=1S/C16H17FO3/c1-11(18)14-9-13(17)7-8-16(14)20-10-12-5-3-4-6-15(12)19-2/h3-9,11,18H,10H2,1-2H3/t11-/m0/s1. The molecule has 0 heterocycles. The molecule has 20 heavy (non-hydrogen) atoms. The first-order valence-electron chi connectivity index (χ1n) is 6.34. The van der Waals surface area contributed by atoms with E-state index in [0.29, 0.717) is 11.3 Å². The number of halogens is 1. The summed E-state index contributed by atoms with van der Waals surface area (Å²) in [6, 6.07) is 11.6. The first-order chi connectivity index (χ1) is 9.61. The van der Waals surface area contributed by atoms with Gasteiger partial charge in [-0.1, -0.05) is 18.2 Å². The lowest BCUT2D eigenvalue weighted by Gasteiger charge is -2.14. The summed E-state index contributed by atoms with van der Waals surface area (Å²) in [5.41, 5.74) is 1.32. The number of hydrogen-bond donors (Lipinski definition) is 1. The van der Waals surface area contributed by atoms with Crippen LogP contribution >= 0.6 is 0 Å². The summed E-state index contributed by atoms with van der Waals surface area (Å²) in [6.07, 6.45) is -0.793. The molecule has 2 aromatic carbocycles. The molecule has 0 radical (unpaired) electrons. The molecule has 1 N–H and O–H groups in total. The highest BCUT2D eigenvalue weighted by Crippen LogP contribution is 2.28. The van der Waals surface area contributed by atoms with Gasteiger partial charge in [-0.3, -0.25) is 0 Å². The van der Waals surface area contributed by atoms with Gasteiger partial charge < -0.3 is 14.6 Å². The van der Waals surface area contributed by atoms with Gasteiger partial charge in [-0.25, -0.2) is 4.39 Å². The second kappa shape index (κ2) is 6.39. The molecule has 0 saturated carbocycles. The third-order valence-corrected chi connectivity index (χ3v) is 3.00. The number of para-hydroxylation sites is 1. The van der Waals surface area contributed by atoms with Crippen LogP contribution in [0.3, 0.4) is 0 Å². The zero-order valence-corrected chi connectivity index (χ0v) is 11.5. The Hall–Kier alpha value is -2.07. The molecule has 0 aliphatic carbocycles. The van der Waals surface area contributed by atoms with Crippen LogP contribution < -0.4 is 9.47 Å². The molecular weight excluding hydrogens is 259 g/mol. The third-order valence-electron chi connectivity index (χ3n) is 3.00. The largest absolute Gasteiger partial charge is 0.496 e. The van der Waals surface area contributed by atoms with Gasteiger partial charge in [0.2, 0.25) is 0 Å². The molecule has 2 rings (SSSR count). The van der Waals surface area contributed by atoms with Gasteiger partial charge in [-0.05, 0) is 31.2 Å². The van der Waals surface area contributed by atoms with E-state index in [1.54, 1.807) is 14.0 Å². The molecule has 1 atom stereocenters. The zero-order chi connectivity index (χ0) is 14.5. The molecular formula is C16H17FO3. The molecule has 0 fully saturated rings. The number of methoxy groups -OCH3 is 1. The van der Waals surface area contributed by atoms with E-state index in [2.05, 4.69) is 0 Å². The van der Waals surface area contributed by atoms with Crippen molar-refractivity contribution < 1.29 is 19.0 Å². The van der Waals surface area contributed by atoms with Crippen LogP contribution in [0.25, 0.3) is 0 Å². The van der Waals surface area contributed by atoms with E-state index >= 15 is 0 Å². The van der Waals surface area contributed by atoms with E-state index in [1.807, 2.05) is 24.3 Å². The molecule has 0 amide bonds. The van der Waals surface area contributed by atoms with Crippen LogP contribution in [0.5, 0.6) is 11.5 Å². The lowest BCUT2D eigenvalue weighted by Crippen LogP contribution is -2.03. The fraction of sp³-hybridized carbons (Fsp3) is 0.250. The van der Waals surface area contributed by atoms with E-state index in [1.165, 1.54) is 18.2 Å². The Kier molecular flexibility index (Phi) is 4.58. The highest BCUT2D eigenvalue weighted by molar-refractivity contribution is 5.37. The number of aliphatic hydroxyl groups excluding tert-OH is 1. The van der Waals surface area contributed by atoms with Gasteiger partial charge in [-0.15, -0.1) is 0 Å². The second-order valence-electron chi connectivity index (χ2n) is 4.46. The quantitative estimate of drug-likeness (QED) is 0.908. The molecule has 0 aromatic heterocycles. The summed E-state index contributed by atoms with van der Waals surface area (Å²) in [5, 5.41) is 9.66. The van der Waals surface area contributed by atoms with Gasteiger partial charge in [0.05, 0.1) is 13.2 Å². The summed E-state index contributed by atoms with van der Waals surface area (Å²) in [7, 11) is 1.60. The summed E-state index contributed by atoms with van der Waals surface area (Å²) in [4.78, 5) is 0. The molecule has 4 heteroatoms. The summed E-state index contributed by atoms with van der Waals surface area (Å²) in [5.74, 6) is 0.797. The van der Waals surface area contributed by atoms with Crippen molar-refractivity contribution in [2.24, 2.45) is 0 Å². The SMILES string of the molecule is COc1ccccc1COc1ccc(F)cc1[C@H](C)O. The van der Waals surface area contributed by atoms with Crippen LogP contribution in [0.1, 0.15) is 24.2 Å². The van der Waals surface area contributed by atoms with E-state index in [4.69, 9.17) is 9.47 Å². The van der Waals surface area contributed by atoms with Gasteiger partial charge in [0.25, 0.3) is 0 Å². The van der Waals surface area contributed by atoms with Crippen molar-refractivity contribution in [2.45, 2.75) is 19.6 Å². The topological polar surface area (TPSA) is 38.7 Å². The van der Waals surface area contributed by atoms with Gasteiger partial charge in [0, 0.05) is 11.1 Å². The Morgan fingerprint density at radius 2 is 1.90 bits per heavy atom. The van der Waals surface area contributed by atoms with Gasteiger partial charge in [0.15, 0.2) is 0 Å². The first-order valence-corrected chi connectivity index (χ1v) is 6.34. The van der Waals surface area contributed by atoms with Crippen molar-refractivity contribution >= 4 is 0 Å². The number of ether oxygens (including phenoxy) is 2. The minimum atomic E-state index is -0.793. The van der Waals surface area contributed by atoms with Crippen LogP contribution in [0.4, 0.5) is 4.39 Å². The lowest BCUT2D eigenvalue weighted by molar-refractivity contribution is 0.189. The molecule has 0 aliphatic rings. The summed E-state index contributed by atoms with van der Waals surface area (Å²) >= 11 is 0. The number of hydrogen-bond acceptors (Lipinski definition) is 3. The smallest absolute Gasteiger partial charge is 0.125 e. The average Bonchev–Trinajstić information content (AvgIpc) is 2.46. The van der Waals surface area contributed by atoms with E-state index in [0.717, 1.165) is 11.3 Å². The molecule has 106 valence electrons. The van der Waals surface area contributed by atoms with Crippen LogP contribution in [-0.4, -0.2) is 12.2 Å².